The minimum atomic E-state index is -1.22. The van der Waals surface area contributed by atoms with E-state index in [1.54, 1.807) is 12.4 Å². The maximum absolute atomic E-state index is 13.3. The van der Waals surface area contributed by atoms with Crippen LogP contribution in [0.1, 0.15) is 32.6 Å². The number of thiophene rings is 1. The molecule has 0 aliphatic heterocycles. The normalized spacial score (nSPS) is 14.5. The van der Waals surface area contributed by atoms with Crippen molar-refractivity contribution in [2.75, 3.05) is 13.7 Å². The fraction of sp³-hybridized carbons (Fsp3) is 0.500. The molecule has 0 aliphatic carbocycles. The Labute approximate surface area is 186 Å². The molecule has 0 spiro atoms. The minimum absolute atomic E-state index is 0.173. The van der Waals surface area contributed by atoms with Gasteiger partial charge in [-0.05, 0) is 36.3 Å². The Bertz CT molecular complexity index is 888. The van der Waals surface area contributed by atoms with Crippen LogP contribution in [0.25, 0.3) is 10.1 Å². The molecule has 2 rings (SSSR count). The number of nitrogens with one attached hydrogen (secondary N) is 3. The largest absolute Gasteiger partial charge is 0.368 e. The molecule has 0 bridgehead atoms. The average molecular weight is 450 g/mol. The van der Waals surface area contributed by atoms with Gasteiger partial charge in [0.1, 0.15) is 12.1 Å². The van der Waals surface area contributed by atoms with Crippen LogP contribution in [0.2, 0.25) is 0 Å². The number of amides is 3. The molecular weight excluding hydrogens is 418 g/mol. The zero-order chi connectivity index (χ0) is 23.2. The molecule has 1 aromatic heterocycles. The molecule has 0 saturated heterocycles. The van der Waals surface area contributed by atoms with E-state index in [-0.39, 0.29) is 18.9 Å². The summed E-state index contributed by atoms with van der Waals surface area (Å²) in [5.41, 5.74) is 1.04. The highest BCUT2D eigenvalue weighted by molar-refractivity contribution is 7.19. The number of hydrogen-bond acceptors (Lipinski definition) is 6. The van der Waals surface area contributed by atoms with E-state index in [0.29, 0.717) is 0 Å². The Morgan fingerprint density at radius 2 is 1.81 bits per heavy atom. The zero-order valence-electron chi connectivity index (χ0n) is 18.5. The molecule has 4 N–H and O–H groups in total. The lowest BCUT2D eigenvalue weighted by Crippen LogP contribution is -2.56. The van der Waals surface area contributed by atoms with E-state index in [0.717, 1.165) is 15.0 Å². The topological polar surface area (TPSA) is 117 Å². The molecule has 2 aromatic rings. The van der Waals surface area contributed by atoms with Gasteiger partial charge in [0.15, 0.2) is 0 Å². The molecule has 3 amide bonds. The maximum atomic E-state index is 13.3. The van der Waals surface area contributed by atoms with Gasteiger partial charge in [-0.15, -0.1) is 11.3 Å². The molecule has 0 saturated carbocycles. The predicted molar refractivity (Wildman–Crippen MR) is 120 cm³/mol. The van der Waals surface area contributed by atoms with Crippen LogP contribution in [-0.2, 0) is 25.5 Å². The van der Waals surface area contributed by atoms with E-state index in [1.165, 1.54) is 18.4 Å². The van der Waals surface area contributed by atoms with Crippen LogP contribution in [0, 0.1) is 11.3 Å². The lowest BCUT2D eigenvalue weighted by molar-refractivity contribution is -0.151. The summed E-state index contributed by atoms with van der Waals surface area (Å²) >= 11 is 1.52. The Morgan fingerprint density at radius 1 is 1.13 bits per heavy atom. The van der Waals surface area contributed by atoms with Crippen molar-refractivity contribution in [2.24, 2.45) is 11.3 Å². The van der Waals surface area contributed by atoms with Crippen molar-refractivity contribution in [2.45, 2.75) is 46.3 Å². The first-order valence-electron chi connectivity index (χ1n) is 10.2. The summed E-state index contributed by atoms with van der Waals surface area (Å²) in [4.78, 5) is 39.0. The van der Waals surface area contributed by atoms with Crippen molar-refractivity contribution in [3.05, 3.63) is 35.2 Å². The number of carbonyl (C=O) groups is 3. The zero-order valence-corrected chi connectivity index (χ0v) is 19.3. The lowest BCUT2D eigenvalue weighted by Gasteiger charge is -2.32. The Morgan fingerprint density at radius 3 is 2.35 bits per heavy atom. The monoisotopic (exact) mass is 449 g/mol. The maximum Gasteiger partial charge on any atom is 0.273 e. The summed E-state index contributed by atoms with van der Waals surface area (Å²) in [7, 11) is 1.50. The van der Waals surface area contributed by atoms with Crippen molar-refractivity contribution >= 4 is 39.1 Å². The van der Waals surface area contributed by atoms with Crippen molar-refractivity contribution in [1.82, 2.24) is 16.1 Å². The van der Waals surface area contributed by atoms with Crippen LogP contribution in [0.5, 0.6) is 0 Å². The molecule has 1 heterocycles. The van der Waals surface area contributed by atoms with E-state index in [2.05, 4.69) is 10.6 Å². The van der Waals surface area contributed by atoms with Gasteiger partial charge >= 0.3 is 0 Å². The van der Waals surface area contributed by atoms with Crippen LogP contribution in [0.3, 0.4) is 0 Å². The van der Waals surface area contributed by atoms with Crippen LogP contribution in [0.4, 0.5) is 0 Å². The van der Waals surface area contributed by atoms with Crippen molar-refractivity contribution < 1.29 is 24.3 Å². The average Bonchev–Trinajstić information content (AvgIpc) is 3.15. The fourth-order valence-corrected chi connectivity index (χ4v) is 4.50. The number of fused-ring (bicyclic) bond motifs is 1. The molecular formula is C22H31N3O5S. The van der Waals surface area contributed by atoms with Crippen molar-refractivity contribution in [1.29, 1.82) is 0 Å². The molecule has 9 heteroatoms. The van der Waals surface area contributed by atoms with Gasteiger partial charge in [0, 0.05) is 23.2 Å². The lowest BCUT2D eigenvalue weighted by atomic mass is 9.85. The number of carbonyl (C=O) groups excluding carboxylic acids is 3. The summed E-state index contributed by atoms with van der Waals surface area (Å²) in [5.74, 6) is -2.59. The van der Waals surface area contributed by atoms with Gasteiger partial charge in [-0.1, -0.05) is 39.0 Å². The first kappa shape index (κ1) is 24.8. The second-order valence-corrected chi connectivity index (χ2v) is 9.50. The van der Waals surface area contributed by atoms with Crippen molar-refractivity contribution in [3.8, 4) is 0 Å². The Hall–Kier alpha value is -2.49. The molecule has 0 aliphatic rings. The van der Waals surface area contributed by atoms with Gasteiger partial charge in [0.05, 0.1) is 5.92 Å². The smallest absolute Gasteiger partial charge is 0.273 e. The van der Waals surface area contributed by atoms with E-state index in [9.17, 15) is 19.6 Å². The summed E-state index contributed by atoms with van der Waals surface area (Å²) < 4.78 is 6.61. The molecule has 1 aromatic carbocycles. The van der Waals surface area contributed by atoms with Gasteiger partial charge in [0.25, 0.3) is 5.91 Å². The summed E-state index contributed by atoms with van der Waals surface area (Å²) in [6.45, 7) is 7.40. The number of rotatable bonds is 9. The van der Waals surface area contributed by atoms with E-state index < -0.39 is 35.3 Å². The molecule has 31 heavy (non-hydrogen) atoms. The highest BCUT2D eigenvalue weighted by atomic mass is 32.1. The predicted octanol–water partition coefficient (Wildman–Crippen LogP) is 2.25. The highest BCUT2D eigenvalue weighted by Crippen LogP contribution is 2.29. The molecule has 0 fully saturated rings. The fourth-order valence-electron chi connectivity index (χ4n) is 3.38. The number of ether oxygens (including phenoxy) is 1. The molecule has 0 radical (unpaired) electrons. The van der Waals surface area contributed by atoms with Gasteiger partial charge < -0.3 is 15.4 Å². The summed E-state index contributed by atoms with van der Waals surface area (Å²) in [6, 6.07) is 9.00. The number of hydrogen-bond donors (Lipinski definition) is 4. The molecule has 170 valence electrons. The van der Waals surface area contributed by atoms with Crippen LogP contribution in [-0.4, -0.2) is 48.7 Å². The third-order valence-electron chi connectivity index (χ3n) is 4.98. The van der Waals surface area contributed by atoms with E-state index in [1.807, 2.05) is 51.1 Å². The molecule has 3 atom stereocenters. The number of likely N-dealkylation sites (N-methyl/N-ethyl adjacent to an activating group) is 1. The number of benzene rings is 1. The van der Waals surface area contributed by atoms with E-state index in [4.69, 9.17) is 4.74 Å². The van der Waals surface area contributed by atoms with E-state index >= 15 is 0 Å². The first-order chi connectivity index (χ1) is 14.6. The third-order valence-corrected chi connectivity index (χ3v) is 6.11. The highest BCUT2D eigenvalue weighted by Gasteiger charge is 2.39. The van der Waals surface area contributed by atoms with Crippen LogP contribution < -0.4 is 16.1 Å². The van der Waals surface area contributed by atoms with Gasteiger partial charge in [-0.2, -0.15) is 0 Å². The first-order valence-corrected chi connectivity index (χ1v) is 11.0. The standard InChI is InChI=1S/C22H31N3O5S/c1-6-30-17(20(27)25-29)15(12-14-11-13-9-7-8-10-16(13)31-14)19(26)24-18(21(28)23-5)22(2,3)4/h7-11,15,17-18,29H,6,12H2,1-5H3,(H,23,28)(H,24,26)(H,25,27)/t15-,17?,18?/m1/s1. The second-order valence-electron chi connectivity index (χ2n) is 8.34. The van der Waals surface area contributed by atoms with Crippen LogP contribution >= 0.6 is 11.3 Å². The summed E-state index contributed by atoms with van der Waals surface area (Å²) in [6.07, 6.45) is -1.00. The third kappa shape index (κ3) is 6.25. The van der Waals surface area contributed by atoms with Gasteiger partial charge in [-0.3, -0.25) is 19.6 Å². The van der Waals surface area contributed by atoms with Crippen molar-refractivity contribution in [3.63, 3.8) is 0 Å². The van der Waals surface area contributed by atoms with Gasteiger partial charge in [-0.25, -0.2) is 5.48 Å². The second kappa shape index (κ2) is 10.7. The number of hydroxylamine groups is 1. The van der Waals surface area contributed by atoms with Crippen LogP contribution in [0.15, 0.2) is 30.3 Å². The molecule has 8 nitrogen and oxygen atoms in total. The Kier molecular flexibility index (Phi) is 8.55. The summed E-state index contributed by atoms with van der Waals surface area (Å²) in [5, 5.41) is 15.6. The molecule has 2 unspecified atom stereocenters. The quantitative estimate of drug-likeness (QED) is 0.346. The SMILES string of the molecule is CCOC(C(=O)NO)[C@@H](Cc1cc2ccccc2s1)C(=O)NC(C(=O)NC)C(C)(C)C. The Balaban J connectivity index is 2.40. The van der Waals surface area contributed by atoms with Gasteiger partial charge in [0.2, 0.25) is 11.8 Å². The minimum Gasteiger partial charge on any atom is -0.368 e.